The van der Waals surface area contributed by atoms with E-state index in [9.17, 15) is 14.9 Å². The Balaban J connectivity index is 0.00000242. The number of rotatable bonds is 4. The van der Waals surface area contributed by atoms with Gasteiger partial charge in [-0.25, -0.2) is 0 Å². The molecule has 1 atom stereocenters. The summed E-state index contributed by atoms with van der Waals surface area (Å²) >= 11 is 0. The number of piperazine rings is 1. The van der Waals surface area contributed by atoms with Crippen molar-refractivity contribution in [3.05, 3.63) is 34.4 Å². The maximum Gasteiger partial charge on any atom is 0.292 e. The van der Waals surface area contributed by atoms with Crippen LogP contribution in [0.4, 0.5) is 11.4 Å². The van der Waals surface area contributed by atoms with E-state index in [-0.39, 0.29) is 36.6 Å². The zero-order valence-corrected chi connectivity index (χ0v) is 13.5. The maximum absolute atomic E-state index is 12.3. The van der Waals surface area contributed by atoms with Crippen molar-refractivity contribution < 1.29 is 9.72 Å². The zero-order chi connectivity index (χ0) is 15.4. The molecule has 1 saturated heterocycles. The largest absolute Gasteiger partial charge is 0.360 e. The molecule has 0 radical (unpaired) electrons. The summed E-state index contributed by atoms with van der Waals surface area (Å²) in [5.74, 6) is -0.0102. The second-order valence-corrected chi connectivity index (χ2v) is 5.30. The number of nitro groups is 1. The van der Waals surface area contributed by atoms with Crippen LogP contribution < -0.4 is 10.2 Å². The number of carbonyl (C=O) groups excluding carboxylic acids is 1. The molecule has 0 bridgehead atoms. The van der Waals surface area contributed by atoms with Crippen LogP contribution in [0.2, 0.25) is 0 Å². The summed E-state index contributed by atoms with van der Waals surface area (Å²) in [6.07, 6.45) is 0. The van der Waals surface area contributed by atoms with Crippen molar-refractivity contribution in [2.45, 2.75) is 13.0 Å². The summed E-state index contributed by atoms with van der Waals surface area (Å²) in [6.45, 7) is 4.29. The van der Waals surface area contributed by atoms with Gasteiger partial charge in [0.2, 0.25) is 5.91 Å². The van der Waals surface area contributed by atoms with E-state index in [1.54, 1.807) is 35.0 Å². The molecule has 7 nitrogen and oxygen atoms in total. The summed E-state index contributed by atoms with van der Waals surface area (Å²) in [5, 5.41) is 14.3. The van der Waals surface area contributed by atoms with Gasteiger partial charge in [0.15, 0.2) is 0 Å². The number of hydrogen-bond donors (Lipinski definition) is 1. The van der Waals surface area contributed by atoms with Gasteiger partial charge >= 0.3 is 0 Å². The smallest absolute Gasteiger partial charge is 0.292 e. The number of amides is 1. The Morgan fingerprint density at radius 1 is 1.50 bits per heavy atom. The van der Waals surface area contributed by atoms with Gasteiger partial charge in [-0.1, -0.05) is 12.1 Å². The molecule has 1 heterocycles. The Labute approximate surface area is 135 Å². The molecule has 0 aliphatic carbocycles. The number of carbonyl (C=O) groups is 1. The molecule has 1 aliphatic rings. The van der Waals surface area contributed by atoms with E-state index in [4.69, 9.17) is 0 Å². The standard InChI is InChI=1S/C14H20N4O3.ClH/c1-11-9-17(8-7-15-11)14(19)10-16(2)12-5-3-4-6-13(12)18(20)21;/h3-6,11,15H,7-10H2,1-2H3;1H. The Morgan fingerprint density at radius 2 is 2.18 bits per heavy atom. The van der Waals surface area contributed by atoms with Gasteiger partial charge in [-0.2, -0.15) is 0 Å². The Morgan fingerprint density at radius 3 is 2.82 bits per heavy atom. The fourth-order valence-electron chi connectivity index (χ4n) is 2.49. The van der Waals surface area contributed by atoms with Crippen LogP contribution in [-0.2, 0) is 4.79 Å². The topological polar surface area (TPSA) is 78.7 Å². The van der Waals surface area contributed by atoms with E-state index in [2.05, 4.69) is 5.32 Å². The van der Waals surface area contributed by atoms with E-state index >= 15 is 0 Å². The fourth-order valence-corrected chi connectivity index (χ4v) is 2.49. The van der Waals surface area contributed by atoms with Gasteiger partial charge in [0.1, 0.15) is 5.69 Å². The minimum Gasteiger partial charge on any atom is -0.360 e. The lowest BCUT2D eigenvalue weighted by Gasteiger charge is -2.33. The second kappa shape index (κ2) is 7.95. The third kappa shape index (κ3) is 4.32. The minimum absolute atomic E-state index is 0. The van der Waals surface area contributed by atoms with Crippen molar-refractivity contribution in [3.8, 4) is 0 Å². The molecule has 1 aliphatic heterocycles. The highest BCUT2D eigenvalue weighted by atomic mass is 35.5. The molecule has 8 heteroatoms. The number of para-hydroxylation sites is 2. The molecule has 1 aromatic carbocycles. The lowest BCUT2D eigenvalue weighted by atomic mass is 10.2. The SMILES string of the molecule is CC1CN(C(=O)CN(C)c2ccccc2[N+](=O)[O-])CCN1.Cl. The van der Waals surface area contributed by atoms with Gasteiger partial charge in [0.25, 0.3) is 5.69 Å². The molecule has 22 heavy (non-hydrogen) atoms. The Hall–Kier alpha value is -1.86. The van der Waals surface area contributed by atoms with E-state index < -0.39 is 4.92 Å². The number of likely N-dealkylation sites (N-methyl/N-ethyl adjacent to an activating group) is 1. The molecular formula is C14H21ClN4O3. The van der Waals surface area contributed by atoms with Crippen molar-refractivity contribution in [2.24, 2.45) is 0 Å². The predicted octanol–water partition coefficient (Wildman–Crippen LogP) is 1.27. The molecular weight excluding hydrogens is 308 g/mol. The highest BCUT2D eigenvalue weighted by Gasteiger charge is 2.23. The average molecular weight is 329 g/mol. The quantitative estimate of drug-likeness (QED) is 0.665. The summed E-state index contributed by atoms with van der Waals surface area (Å²) in [6, 6.07) is 6.74. The third-order valence-electron chi connectivity index (χ3n) is 3.58. The number of benzene rings is 1. The van der Waals surface area contributed by atoms with Crippen LogP contribution >= 0.6 is 12.4 Å². The highest BCUT2D eigenvalue weighted by molar-refractivity contribution is 5.85. The van der Waals surface area contributed by atoms with E-state index in [0.717, 1.165) is 6.54 Å². The number of nitrogens with one attached hydrogen (secondary N) is 1. The van der Waals surface area contributed by atoms with Crippen LogP contribution in [0, 0.1) is 10.1 Å². The zero-order valence-electron chi connectivity index (χ0n) is 12.7. The third-order valence-corrected chi connectivity index (χ3v) is 3.58. The first-order valence-electron chi connectivity index (χ1n) is 6.94. The number of halogens is 1. The molecule has 2 rings (SSSR count). The average Bonchev–Trinajstić information content (AvgIpc) is 2.47. The molecule has 1 unspecified atom stereocenters. The van der Waals surface area contributed by atoms with Crippen LogP contribution in [0.25, 0.3) is 0 Å². The van der Waals surface area contributed by atoms with E-state index in [0.29, 0.717) is 18.8 Å². The van der Waals surface area contributed by atoms with Crippen LogP contribution in [0.15, 0.2) is 24.3 Å². The molecule has 1 amide bonds. The van der Waals surface area contributed by atoms with Crippen molar-refractivity contribution in [1.82, 2.24) is 10.2 Å². The van der Waals surface area contributed by atoms with Gasteiger partial charge in [-0.05, 0) is 13.0 Å². The Bertz CT molecular complexity index is 541. The summed E-state index contributed by atoms with van der Waals surface area (Å²) in [7, 11) is 1.70. The second-order valence-electron chi connectivity index (χ2n) is 5.30. The molecule has 1 aromatic rings. The monoisotopic (exact) mass is 328 g/mol. The lowest BCUT2D eigenvalue weighted by molar-refractivity contribution is -0.384. The molecule has 1 fully saturated rings. The Kier molecular flexibility index (Phi) is 6.58. The molecule has 1 N–H and O–H groups in total. The van der Waals surface area contributed by atoms with Crippen LogP contribution in [0.5, 0.6) is 0 Å². The van der Waals surface area contributed by atoms with Gasteiger partial charge < -0.3 is 15.1 Å². The first-order valence-corrected chi connectivity index (χ1v) is 6.94. The molecule has 122 valence electrons. The highest BCUT2D eigenvalue weighted by Crippen LogP contribution is 2.26. The van der Waals surface area contributed by atoms with Gasteiger partial charge in [-0.3, -0.25) is 14.9 Å². The normalized spacial score (nSPS) is 17.5. The summed E-state index contributed by atoms with van der Waals surface area (Å²) < 4.78 is 0. The number of anilines is 1. The van der Waals surface area contributed by atoms with Gasteiger partial charge in [0, 0.05) is 38.8 Å². The van der Waals surface area contributed by atoms with E-state index in [1.807, 2.05) is 6.92 Å². The molecule has 0 saturated carbocycles. The van der Waals surface area contributed by atoms with Crippen LogP contribution in [-0.4, -0.2) is 55.0 Å². The molecule has 0 spiro atoms. The fraction of sp³-hybridized carbons (Fsp3) is 0.500. The predicted molar refractivity (Wildman–Crippen MR) is 87.7 cm³/mol. The van der Waals surface area contributed by atoms with Gasteiger partial charge in [-0.15, -0.1) is 12.4 Å². The van der Waals surface area contributed by atoms with E-state index in [1.165, 1.54) is 6.07 Å². The summed E-state index contributed by atoms with van der Waals surface area (Å²) in [5.41, 5.74) is 0.473. The number of nitro benzene ring substituents is 1. The summed E-state index contributed by atoms with van der Waals surface area (Å²) in [4.78, 5) is 26.3. The van der Waals surface area contributed by atoms with Crippen molar-refractivity contribution in [1.29, 1.82) is 0 Å². The minimum atomic E-state index is -0.427. The van der Waals surface area contributed by atoms with Crippen LogP contribution in [0.1, 0.15) is 6.92 Å². The van der Waals surface area contributed by atoms with Crippen molar-refractivity contribution >= 4 is 29.7 Å². The van der Waals surface area contributed by atoms with Crippen molar-refractivity contribution in [2.75, 3.05) is 38.1 Å². The first-order chi connectivity index (χ1) is 9.99. The number of nitrogens with zero attached hydrogens (tertiary/aromatic N) is 3. The maximum atomic E-state index is 12.3. The van der Waals surface area contributed by atoms with Crippen LogP contribution in [0.3, 0.4) is 0 Å². The lowest BCUT2D eigenvalue weighted by Crippen LogP contribution is -2.53. The van der Waals surface area contributed by atoms with Crippen molar-refractivity contribution in [3.63, 3.8) is 0 Å². The first kappa shape index (κ1) is 18.2. The molecule has 0 aromatic heterocycles. The van der Waals surface area contributed by atoms with Gasteiger partial charge in [0.05, 0.1) is 11.5 Å². The number of hydrogen-bond acceptors (Lipinski definition) is 5.